The van der Waals surface area contributed by atoms with Crippen LogP contribution in [0.3, 0.4) is 0 Å². The zero-order chi connectivity index (χ0) is 20.7. The quantitative estimate of drug-likeness (QED) is 0.382. The highest BCUT2D eigenvalue weighted by atomic mass is 35.5. The monoisotopic (exact) mass is 398 g/mol. The van der Waals surface area contributed by atoms with E-state index in [9.17, 15) is 9.59 Å². The number of Topliss-reactive ketones (excluding diaryl/α,β-unsaturated/α-hetero) is 2. The molecule has 3 nitrogen and oxygen atoms in total. The lowest BCUT2D eigenvalue weighted by molar-refractivity contribution is 0.0970. The van der Waals surface area contributed by atoms with E-state index in [1.54, 1.807) is 12.1 Å². The molecule has 0 atom stereocenters. The predicted molar refractivity (Wildman–Crippen MR) is 116 cm³/mol. The summed E-state index contributed by atoms with van der Waals surface area (Å²) in [5.41, 5.74) is 2.32. The third-order valence-electron chi connectivity index (χ3n) is 4.35. The maximum atomic E-state index is 12.6. The van der Waals surface area contributed by atoms with E-state index in [1.807, 2.05) is 58.0 Å². The Bertz CT molecular complexity index is 936. The molecule has 4 heteroatoms. The first-order valence-corrected chi connectivity index (χ1v) is 10.3. The molecule has 0 aliphatic heterocycles. The van der Waals surface area contributed by atoms with Gasteiger partial charge in [0.25, 0.3) is 0 Å². The number of carbonyl (C=O) groups is 2. The summed E-state index contributed by atoms with van der Waals surface area (Å²) < 4.78 is 5.95. The summed E-state index contributed by atoms with van der Waals surface area (Å²) in [6.45, 7) is 7.91. The maximum Gasteiger partial charge on any atom is 0.164 e. The molecule has 0 aliphatic rings. The fourth-order valence-corrected chi connectivity index (χ4v) is 3.33. The minimum absolute atomic E-state index is 0.000605. The van der Waals surface area contributed by atoms with Gasteiger partial charge in [-0.1, -0.05) is 57.5 Å². The van der Waals surface area contributed by atoms with Crippen LogP contribution in [0.15, 0.2) is 46.9 Å². The number of rotatable bonds is 7. The molecule has 148 valence electrons. The van der Waals surface area contributed by atoms with E-state index in [1.165, 1.54) is 0 Å². The molecular formula is C24H27ClO3. The van der Waals surface area contributed by atoms with E-state index in [0.717, 1.165) is 23.8 Å². The van der Waals surface area contributed by atoms with E-state index in [-0.39, 0.29) is 11.6 Å². The van der Waals surface area contributed by atoms with Crippen molar-refractivity contribution in [3.05, 3.63) is 58.6 Å². The molecule has 0 N–H and O–H groups in total. The topological polar surface area (TPSA) is 47.3 Å². The van der Waals surface area contributed by atoms with E-state index in [4.69, 9.17) is 16.0 Å². The van der Waals surface area contributed by atoms with Gasteiger partial charge in [-0.05, 0) is 37.1 Å². The predicted octanol–water partition coefficient (Wildman–Crippen LogP) is 7.75. The number of hydrogen-bond donors (Lipinski definition) is 0. The summed E-state index contributed by atoms with van der Waals surface area (Å²) in [4.78, 5) is 25.1. The van der Waals surface area contributed by atoms with Crippen LogP contribution in [0.1, 0.15) is 74.1 Å². The SMILES string of the molecule is CC.CCCC(=O)c1cc(-c2cc3ccccc3o2)c(C(=O)CCC)cc1Cl. The van der Waals surface area contributed by atoms with Gasteiger partial charge in [0.05, 0.1) is 5.02 Å². The second-order valence-electron chi connectivity index (χ2n) is 6.37. The summed E-state index contributed by atoms with van der Waals surface area (Å²) in [6, 6.07) is 12.9. The third kappa shape index (κ3) is 4.71. The molecule has 0 aliphatic carbocycles. The molecule has 2 aromatic carbocycles. The Labute approximate surface area is 171 Å². The molecule has 1 heterocycles. The lowest BCUT2D eigenvalue weighted by atomic mass is 9.94. The van der Waals surface area contributed by atoms with Crippen molar-refractivity contribution in [2.24, 2.45) is 0 Å². The van der Waals surface area contributed by atoms with Gasteiger partial charge in [0.15, 0.2) is 11.6 Å². The molecule has 0 fully saturated rings. The first kappa shape index (κ1) is 21.9. The van der Waals surface area contributed by atoms with Crippen LogP contribution in [0.4, 0.5) is 0 Å². The maximum absolute atomic E-state index is 12.6. The molecule has 28 heavy (non-hydrogen) atoms. The number of benzene rings is 2. The lowest BCUT2D eigenvalue weighted by Gasteiger charge is -2.11. The number of furan rings is 1. The number of hydrogen-bond acceptors (Lipinski definition) is 3. The van der Waals surface area contributed by atoms with E-state index in [0.29, 0.717) is 40.3 Å². The average Bonchev–Trinajstić information content (AvgIpc) is 3.13. The van der Waals surface area contributed by atoms with Crippen molar-refractivity contribution in [1.29, 1.82) is 0 Å². The molecule has 0 radical (unpaired) electrons. The van der Waals surface area contributed by atoms with E-state index in [2.05, 4.69) is 0 Å². The molecule has 3 aromatic rings. The fourth-order valence-electron chi connectivity index (χ4n) is 3.06. The molecule has 0 saturated heterocycles. The van der Waals surface area contributed by atoms with Crippen LogP contribution in [0.25, 0.3) is 22.3 Å². The number of fused-ring (bicyclic) bond motifs is 1. The molecule has 0 unspecified atom stereocenters. The van der Waals surface area contributed by atoms with Crippen LogP contribution >= 0.6 is 11.6 Å². The van der Waals surface area contributed by atoms with Crippen LogP contribution in [0.2, 0.25) is 5.02 Å². The molecule has 1 aromatic heterocycles. The Morgan fingerprint density at radius 3 is 2.11 bits per heavy atom. The number of halogens is 1. The minimum Gasteiger partial charge on any atom is -0.456 e. The van der Waals surface area contributed by atoms with Gasteiger partial charge in [0.2, 0.25) is 0 Å². The van der Waals surface area contributed by atoms with Crippen molar-refractivity contribution < 1.29 is 14.0 Å². The number of ketones is 2. The Kier molecular flexibility index (Phi) is 8.01. The highest BCUT2D eigenvalue weighted by Crippen LogP contribution is 2.34. The minimum atomic E-state index is -0.0237. The lowest BCUT2D eigenvalue weighted by Crippen LogP contribution is -2.06. The summed E-state index contributed by atoms with van der Waals surface area (Å²) >= 11 is 6.34. The standard InChI is InChI=1S/C22H21ClO3.C2H6/c1-3-7-19(24)15-13-18(23)17(20(25)8-4-2)12-16(15)22-11-14-9-5-6-10-21(14)26-22;1-2/h5-6,9-13H,3-4,7-8H2,1-2H3;1-2H3. The Hall–Kier alpha value is -2.39. The van der Waals surface area contributed by atoms with Gasteiger partial charge in [-0.2, -0.15) is 0 Å². The van der Waals surface area contributed by atoms with Crippen molar-refractivity contribution in [3.8, 4) is 11.3 Å². The van der Waals surface area contributed by atoms with Crippen LogP contribution in [-0.2, 0) is 0 Å². The molecule has 0 bridgehead atoms. The molecular weight excluding hydrogens is 372 g/mol. The van der Waals surface area contributed by atoms with Gasteiger partial charge in [-0.3, -0.25) is 9.59 Å². The first-order valence-electron chi connectivity index (χ1n) is 9.94. The summed E-state index contributed by atoms with van der Waals surface area (Å²) in [7, 11) is 0. The Balaban J connectivity index is 0.00000136. The molecule has 3 rings (SSSR count). The molecule has 0 saturated carbocycles. The van der Waals surface area contributed by atoms with Crippen molar-refractivity contribution in [3.63, 3.8) is 0 Å². The van der Waals surface area contributed by atoms with Crippen molar-refractivity contribution in [1.82, 2.24) is 0 Å². The van der Waals surface area contributed by atoms with Gasteiger partial charge in [-0.25, -0.2) is 0 Å². The molecule has 0 amide bonds. The summed E-state index contributed by atoms with van der Waals surface area (Å²) in [5.74, 6) is 0.552. The Morgan fingerprint density at radius 1 is 0.893 bits per heavy atom. The van der Waals surface area contributed by atoms with Gasteiger partial charge in [-0.15, -0.1) is 0 Å². The average molecular weight is 399 g/mol. The van der Waals surface area contributed by atoms with Crippen LogP contribution in [-0.4, -0.2) is 11.6 Å². The van der Waals surface area contributed by atoms with Gasteiger partial charge in [0.1, 0.15) is 11.3 Å². The van der Waals surface area contributed by atoms with Crippen LogP contribution in [0.5, 0.6) is 0 Å². The fraction of sp³-hybridized carbons (Fsp3) is 0.333. The second kappa shape index (κ2) is 10.2. The molecule has 0 spiro atoms. The Morgan fingerprint density at radius 2 is 1.50 bits per heavy atom. The zero-order valence-electron chi connectivity index (χ0n) is 17.0. The second-order valence-corrected chi connectivity index (χ2v) is 6.78. The van der Waals surface area contributed by atoms with E-state index >= 15 is 0 Å². The van der Waals surface area contributed by atoms with Gasteiger partial charge in [0, 0.05) is 34.9 Å². The van der Waals surface area contributed by atoms with Crippen molar-refractivity contribution in [2.75, 3.05) is 0 Å². The van der Waals surface area contributed by atoms with Gasteiger partial charge >= 0.3 is 0 Å². The highest BCUT2D eigenvalue weighted by molar-refractivity contribution is 6.34. The number of para-hydroxylation sites is 1. The summed E-state index contributed by atoms with van der Waals surface area (Å²) in [6.07, 6.45) is 2.32. The van der Waals surface area contributed by atoms with Gasteiger partial charge < -0.3 is 4.42 Å². The first-order chi connectivity index (χ1) is 13.5. The normalized spacial score (nSPS) is 10.5. The highest BCUT2D eigenvalue weighted by Gasteiger charge is 2.21. The van der Waals surface area contributed by atoms with Crippen LogP contribution < -0.4 is 0 Å². The number of carbonyl (C=O) groups excluding carboxylic acids is 2. The largest absolute Gasteiger partial charge is 0.456 e. The van der Waals surface area contributed by atoms with E-state index < -0.39 is 0 Å². The summed E-state index contributed by atoms with van der Waals surface area (Å²) in [5, 5.41) is 1.27. The van der Waals surface area contributed by atoms with Crippen LogP contribution in [0, 0.1) is 0 Å². The zero-order valence-corrected chi connectivity index (χ0v) is 17.7. The smallest absolute Gasteiger partial charge is 0.164 e. The third-order valence-corrected chi connectivity index (χ3v) is 4.67. The van der Waals surface area contributed by atoms with Crippen molar-refractivity contribution >= 4 is 34.1 Å². The van der Waals surface area contributed by atoms with Crippen molar-refractivity contribution in [2.45, 2.75) is 53.4 Å².